The van der Waals surface area contributed by atoms with E-state index in [-0.39, 0.29) is 12.2 Å². The lowest BCUT2D eigenvalue weighted by Gasteiger charge is -2.37. The second-order valence-electron chi connectivity index (χ2n) is 8.13. The van der Waals surface area contributed by atoms with Crippen LogP contribution in [-0.4, -0.2) is 65.4 Å². The molecule has 2 fully saturated rings. The molecule has 0 aromatic heterocycles. The highest BCUT2D eigenvalue weighted by Crippen LogP contribution is 2.30. The van der Waals surface area contributed by atoms with E-state index in [0.29, 0.717) is 5.92 Å². The van der Waals surface area contributed by atoms with Crippen LogP contribution in [0, 0.1) is 11.8 Å². The Bertz CT molecular complexity index is 494. The number of piperidine rings is 2. The number of rotatable bonds is 6. The highest BCUT2D eigenvalue weighted by Gasteiger charge is 2.27. The summed E-state index contributed by atoms with van der Waals surface area (Å²) in [5, 5.41) is 21.0. The Labute approximate surface area is 152 Å². The lowest BCUT2D eigenvalue weighted by atomic mass is 9.87. The van der Waals surface area contributed by atoms with Crippen LogP contribution in [0.25, 0.3) is 0 Å². The van der Waals surface area contributed by atoms with Crippen molar-refractivity contribution in [3.8, 4) is 0 Å². The molecule has 2 aliphatic heterocycles. The number of aliphatic hydroxyl groups excluding tert-OH is 2. The van der Waals surface area contributed by atoms with Crippen LogP contribution in [0.2, 0.25) is 0 Å². The summed E-state index contributed by atoms with van der Waals surface area (Å²) < 4.78 is 0. The summed E-state index contributed by atoms with van der Waals surface area (Å²) in [6, 6.07) is 10.0. The maximum atomic E-state index is 10.6. The molecule has 2 atom stereocenters. The Balaban J connectivity index is 1.39. The molecule has 0 spiro atoms. The molecular weight excluding hydrogens is 312 g/mol. The van der Waals surface area contributed by atoms with E-state index >= 15 is 0 Å². The van der Waals surface area contributed by atoms with Gasteiger partial charge in [-0.2, -0.15) is 0 Å². The first kappa shape index (κ1) is 18.8. The summed E-state index contributed by atoms with van der Waals surface area (Å²) in [6.07, 6.45) is 3.91. The number of hydrogen-bond acceptors (Lipinski definition) is 4. The number of aliphatic hydroxyl groups is 2. The van der Waals surface area contributed by atoms with E-state index in [1.54, 1.807) is 0 Å². The molecule has 0 bridgehead atoms. The molecule has 25 heavy (non-hydrogen) atoms. The summed E-state index contributed by atoms with van der Waals surface area (Å²) in [5.74, 6) is 1.17. The lowest BCUT2D eigenvalue weighted by Crippen LogP contribution is -2.45. The zero-order chi connectivity index (χ0) is 17.6. The molecular formula is C21H34N2O2. The van der Waals surface area contributed by atoms with Crippen LogP contribution in [0.15, 0.2) is 30.3 Å². The van der Waals surface area contributed by atoms with E-state index < -0.39 is 0 Å². The fraction of sp³-hybridized carbons (Fsp3) is 0.714. The van der Waals surface area contributed by atoms with Gasteiger partial charge >= 0.3 is 0 Å². The number of hydrogen-bond donors (Lipinski definition) is 2. The van der Waals surface area contributed by atoms with Crippen molar-refractivity contribution in [2.24, 2.45) is 11.8 Å². The van der Waals surface area contributed by atoms with Crippen LogP contribution in [-0.2, 0) is 0 Å². The standard InChI is InChI=1S/C21H34N2O2/c1-17-7-11-22(12-8-17)15-20(24)16-23-13-9-19(10-14-23)21(25)18-5-3-2-4-6-18/h2-6,17,19-21,24-25H,7-16H2,1H3. The Morgan fingerprint density at radius 1 is 0.880 bits per heavy atom. The third kappa shape index (κ3) is 5.52. The van der Waals surface area contributed by atoms with Crippen LogP contribution in [0.5, 0.6) is 0 Å². The van der Waals surface area contributed by atoms with Crippen molar-refractivity contribution in [2.45, 2.75) is 44.8 Å². The summed E-state index contributed by atoms with van der Waals surface area (Å²) >= 11 is 0. The Hall–Kier alpha value is -0.940. The fourth-order valence-electron chi connectivity index (χ4n) is 4.27. The zero-order valence-electron chi connectivity index (χ0n) is 15.6. The second-order valence-corrected chi connectivity index (χ2v) is 8.13. The van der Waals surface area contributed by atoms with Crippen LogP contribution >= 0.6 is 0 Å². The van der Waals surface area contributed by atoms with Gasteiger partial charge in [0.2, 0.25) is 0 Å². The SMILES string of the molecule is CC1CCN(CC(O)CN2CCC(C(O)c3ccccc3)CC2)CC1. The van der Waals surface area contributed by atoms with Gasteiger partial charge in [0.25, 0.3) is 0 Å². The van der Waals surface area contributed by atoms with E-state index in [1.165, 1.54) is 12.8 Å². The number of β-amino-alcohol motifs (C(OH)–C–C–N with tert-alkyl or cyclic N) is 1. The van der Waals surface area contributed by atoms with Crippen molar-refractivity contribution in [3.05, 3.63) is 35.9 Å². The molecule has 2 saturated heterocycles. The van der Waals surface area contributed by atoms with Gasteiger partial charge in [0.05, 0.1) is 12.2 Å². The average Bonchev–Trinajstić information content (AvgIpc) is 2.64. The third-order valence-electron chi connectivity index (χ3n) is 6.03. The van der Waals surface area contributed by atoms with Gasteiger partial charge in [-0.05, 0) is 69.3 Å². The second kappa shape index (κ2) is 9.13. The normalized spacial score (nSPS) is 24.3. The molecule has 3 rings (SSSR count). The molecule has 4 heteroatoms. The van der Waals surface area contributed by atoms with Crippen molar-refractivity contribution in [1.29, 1.82) is 0 Å². The predicted octanol–water partition coefficient (Wildman–Crippen LogP) is 2.52. The summed E-state index contributed by atoms with van der Waals surface area (Å²) in [4.78, 5) is 4.78. The maximum Gasteiger partial charge on any atom is 0.0819 e. The zero-order valence-corrected chi connectivity index (χ0v) is 15.6. The molecule has 0 radical (unpaired) electrons. The molecule has 0 amide bonds. The largest absolute Gasteiger partial charge is 0.390 e. The Morgan fingerprint density at radius 2 is 1.40 bits per heavy atom. The van der Waals surface area contributed by atoms with Gasteiger partial charge in [-0.15, -0.1) is 0 Å². The average molecular weight is 347 g/mol. The molecule has 2 unspecified atom stereocenters. The van der Waals surface area contributed by atoms with E-state index in [9.17, 15) is 10.2 Å². The highest BCUT2D eigenvalue weighted by atomic mass is 16.3. The van der Waals surface area contributed by atoms with Gasteiger partial charge < -0.3 is 20.0 Å². The minimum absolute atomic E-state index is 0.260. The molecule has 2 heterocycles. The lowest BCUT2D eigenvalue weighted by molar-refractivity contribution is 0.0267. The van der Waals surface area contributed by atoms with Crippen LogP contribution in [0.1, 0.15) is 44.3 Å². The smallest absolute Gasteiger partial charge is 0.0819 e. The Morgan fingerprint density at radius 3 is 1.96 bits per heavy atom. The first-order valence-corrected chi connectivity index (χ1v) is 9.97. The topological polar surface area (TPSA) is 46.9 Å². The molecule has 1 aromatic rings. The minimum atomic E-state index is -0.358. The Kier molecular flexibility index (Phi) is 6.88. The van der Waals surface area contributed by atoms with E-state index in [4.69, 9.17) is 0 Å². The molecule has 2 N–H and O–H groups in total. The fourth-order valence-corrected chi connectivity index (χ4v) is 4.27. The van der Waals surface area contributed by atoms with E-state index in [0.717, 1.165) is 63.6 Å². The van der Waals surface area contributed by atoms with Crippen LogP contribution in [0.3, 0.4) is 0 Å². The van der Waals surface area contributed by atoms with Crippen molar-refractivity contribution >= 4 is 0 Å². The van der Waals surface area contributed by atoms with Gasteiger partial charge in [-0.1, -0.05) is 37.3 Å². The van der Waals surface area contributed by atoms with Gasteiger partial charge in [0.1, 0.15) is 0 Å². The van der Waals surface area contributed by atoms with E-state index in [1.807, 2.05) is 30.3 Å². The molecule has 0 aliphatic carbocycles. The minimum Gasteiger partial charge on any atom is -0.390 e. The van der Waals surface area contributed by atoms with Gasteiger partial charge in [-0.25, -0.2) is 0 Å². The molecule has 4 nitrogen and oxygen atoms in total. The van der Waals surface area contributed by atoms with Crippen LogP contribution in [0.4, 0.5) is 0 Å². The molecule has 140 valence electrons. The highest BCUT2D eigenvalue weighted by molar-refractivity contribution is 5.18. The number of nitrogens with zero attached hydrogens (tertiary/aromatic N) is 2. The molecule has 1 aromatic carbocycles. The van der Waals surface area contributed by atoms with Crippen molar-refractivity contribution in [3.63, 3.8) is 0 Å². The van der Waals surface area contributed by atoms with E-state index in [2.05, 4.69) is 16.7 Å². The first-order chi connectivity index (χ1) is 12.1. The maximum absolute atomic E-state index is 10.6. The first-order valence-electron chi connectivity index (χ1n) is 9.97. The predicted molar refractivity (Wildman–Crippen MR) is 101 cm³/mol. The summed E-state index contributed by atoms with van der Waals surface area (Å²) in [7, 11) is 0. The van der Waals surface area contributed by atoms with Gasteiger partial charge in [0, 0.05) is 13.1 Å². The quantitative estimate of drug-likeness (QED) is 0.831. The monoisotopic (exact) mass is 346 g/mol. The van der Waals surface area contributed by atoms with Gasteiger partial charge in [-0.3, -0.25) is 0 Å². The molecule has 0 saturated carbocycles. The number of likely N-dealkylation sites (tertiary alicyclic amines) is 2. The van der Waals surface area contributed by atoms with Crippen molar-refractivity contribution in [1.82, 2.24) is 9.80 Å². The van der Waals surface area contributed by atoms with Crippen LogP contribution < -0.4 is 0 Å². The third-order valence-corrected chi connectivity index (χ3v) is 6.03. The van der Waals surface area contributed by atoms with Crippen molar-refractivity contribution in [2.75, 3.05) is 39.3 Å². The molecule has 2 aliphatic rings. The van der Waals surface area contributed by atoms with Gasteiger partial charge in [0.15, 0.2) is 0 Å². The van der Waals surface area contributed by atoms with Crippen molar-refractivity contribution < 1.29 is 10.2 Å². The summed E-state index contributed by atoms with van der Waals surface area (Å²) in [5.41, 5.74) is 1.03. The summed E-state index contributed by atoms with van der Waals surface area (Å²) in [6.45, 7) is 8.10. The number of benzene rings is 1.